The molecule has 7 nitrogen and oxygen atoms in total. The van der Waals surface area contributed by atoms with E-state index in [9.17, 15) is 4.79 Å². The van der Waals surface area contributed by atoms with E-state index in [-0.39, 0.29) is 17.4 Å². The fourth-order valence-corrected chi connectivity index (χ4v) is 5.46. The minimum Gasteiger partial charge on any atom is -0.383 e. The second kappa shape index (κ2) is 11.4. The minimum absolute atomic E-state index is 0.149. The number of ether oxygens (including phenoxy) is 1. The monoisotopic (exact) mass is 489 g/mol. The molecule has 1 heterocycles. The van der Waals surface area contributed by atoms with Gasteiger partial charge in [-0.2, -0.15) is 5.26 Å². The minimum atomic E-state index is -0.332. The van der Waals surface area contributed by atoms with Gasteiger partial charge in [-0.25, -0.2) is 4.98 Å². The summed E-state index contributed by atoms with van der Waals surface area (Å²) in [7, 11) is 3.96. The Balaban J connectivity index is 1.54. The van der Waals surface area contributed by atoms with Crippen LogP contribution in [0.4, 0.5) is 5.69 Å². The molecule has 0 spiro atoms. The van der Waals surface area contributed by atoms with Gasteiger partial charge < -0.3 is 19.9 Å². The number of benzene rings is 1. The van der Waals surface area contributed by atoms with Crippen LogP contribution in [0.25, 0.3) is 5.57 Å². The molecule has 2 aliphatic rings. The first-order valence-electron chi connectivity index (χ1n) is 13.1. The van der Waals surface area contributed by atoms with Gasteiger partial charge in [0, 0.05) is 37.1 Å². The first kappa shape index (κ1) is 26.1. The number of imidazole rings is 1. The molecule has 0 bridgehead atoms. The van der Waals surface area contributed by atoms with Crippen LogP contribution in [-0.4, -0.2) is 54.1 Å². The molecule has 1 fully saturated rings. The van der Waals surface area contributed by atoms with Gasteiger partial charge in [-0.3, -0.25) is 4.79 Å². The Morgan fingerprint density at radius 1 is 1.31 bits per heavy atom. The van der Waals surface area contributed by atoms with E-state index in [1.54, 1.807) is 7.11 Å². The second-order valence-electron chi connectivity index (χ2n) is 11.1. The van der Waals surface area contributed by atoms with Crippen LogP contribution in [-0.2, 0) is 4.74 Å². The number of rotatable bonds is 8. The molecule has 2 aromatic rings. The summed E-state index contributed by atoms with van der Waals surface area (Å²) in [5.74, 6) is 0.350. The molecule has 1 amide bonds. The van der Waals surface area contributed by atoms with Crippen molar-refractivity contribution in [3.63, 3.8) is 0 Å². The zero-order chi connectivity index (χ0) is 25.7. The Hall–Kier alpha value is -2.95. The lowest BCUT2D eigenvalue weighted by Gasteiger charge is -2.35. The van der Waals surface area contributed by atoms with Gasteiger partial charge in [0.2, 0.25) is 0 Å². The normalized spacial score (nSPS) is 21.6. The molecule has 1 aromatic carbocycles. The number of aromatic nitrogens is 2. The molecule has 1 saturated carbocycles. The van der Waals surface area contributed by atoms with Crippen LogP contribution < -0.4 is 5.32 Å². The van der Waals surface area contributed by atoms with Crippen LogP contribution >= 0.6 is 0 Å². The van der Waals surface area contributed by atoms with Crippen LogP contribution in [0.3, 0.4) is 0 Å². The van der Waals surface area contributed by atoms with Crippen molar-refractivity contribution < 1.29 is 9.53 Å². The van der Waals surface area contributed by atoms with E-state index in [1.165, 1.54) is 43.0 Å². The Labute approximate surface area is 214 Å². The molecular weight excluding hydrogens is 450 g/mol. The predicted molar refractivity (Wildman–Crippen MR) is 143 cm³/mol. The third-order valence-electron chi connectivity index (χ3n) is 7.96. The van der Waals surface area contributed by atoms with Crippen LogP contribution in [0.5, 0.6) is 0 Å². The third-order valence-corrected chi connectivity index (χ3v) is 7.96. The van der Waals surface area contributed by atoms with Gasteiger partial charge in [0.25, 0.3) is 5.91 Å². The molecule has 2 aliphatic carbocycles. The summed E-state index contributed by atoms with van der Waals surface area (Å²) >= 11 is 0. The number of hydrogen-bond donors (Lipinski definition) is 2. The van der Waals surface area contributed by atoms with E-state index >= 15 is 0 Å². The average molecular weight is 490 g/mol. The number of anilines is 1. The number of nitriles is 1. The van der Waals surface area contributed by atoms with E-state index < -0.39 is 0 Å². The number of nitrogens with one attached hydrogen (secondary N) is 2. The fraction of sp³-hybridized carbons (Fsp3) is 0.552. The number of nitrogens with zero attached hydrogens (tertiary/aromatic N) is 3. The summed E-state index contributed by atoms with van der Waals surface area (Å²) in [5.41, 5.74) is 5.09. The second-order valence-corrected chi connectivity index (χ2v) is 11.1. The first-order valence-corrected chi connectivity index (χ1v) is 13.1. The third kappa shape index (κ3) is 6.24. The van der Waals surface area contributed by atoms with E-state index in [4.69, 9.17) is 10.00 Å². The molecule has 1 aromatic heterocycles. The SMILES string of the molecule is COCCN(C)C1CCC(c2ccc(NC(=O)c3nc(C#N)c[nH]3)c(C3=CCC(C)(C)CC3)c2)CC1. The number of carbonyl (C=O) groups is 1. The van der Waals surface area contributed by atoms with Gasteiger partial charge in [-0.05, 0) is 86.6 Å². The summed E-state index contributed by atoms with van der Waals surface area (Å²) in [6.07, 6.45) is 11.7. The van der Waals surface area contributed by atoms with Gasteiger partial charge in [-0.1, -0.05) is 26.0 Å². The summed E-state index contributed by atoms with van der Waals surface area (Å²) in [6.45, 7) is 6.37. The van der Waals surface area contributed by atoms with Crippen molar-refractivity contribution in [1.29, 1.82) is 5.26 Å². The van der Waals surface area contributed by atoms with Crippen molar-refractivity contribution in [1.82, 2.24) is 14.9 Å². The van der Waals surface area contributed by atoms with Crippen LogP contribution in [0.1, 0.15) is 92.2 Å². The average Bonchev–Trinajstić information content (AvgIpc) is 3.37. The maximum Gasteiger partial charge on any atom is 0.291 e. The molecule has 0 radical (unpaired) electrons. The summed E-state index contributed by atoms with van der Waals surface area (Å²) < 4.78 is 5.25. The van der Waals surface area contributed by atoms with Gasteiger partial charge in [0.1, 0.15) is 6.07 Å². The van der Waals surface area contributed by atoms with Crippen molar-refractivity contribution in [3.8, 4) is 6.07 Å². The molecule has 0 unspecified atom stereocenters. The fourth-order valence-electron chi connectivity index (χ4n) is 5.46. The van der Waals surface area contributed by atoms with Crippen molar-refractivity contribution in [2.45, 2.75) is 70.8 Å². The smallest absolute Gasteiger partial charge is 0.291 e. The standard InChI is InChI=1S/C29H39N5O2/c1-29(2)13-11-21(12-14-29)25-17-22(20-5-8-24(9-6-20)34(3)15-16-36-4)7-10-26(25)33-28(35)27-31-19-23(18-30)32-27/h7,10-11,17,19-20,24H,5-6,8-9,12-16H2,1-4H3,(H,31,32)(H,33,35). The molecule has 0 aliphatic heterocycles. The first-order chi connectivity index (χ1) is 17.3. The highest BCUT2D eigenvalue weighted by atomic mass is 16.5. The number of aromatic amines is 1. The lowest BCUT2D eigenvalue weighted by atomic mass is 9.76. The number of hydrogen-bond acceptors (Lipinski definition) is 5. The molecule has 192 valence electrons. The molecule has 2 N–H and O–H groups in total. The molecule has 0 atom stereocenters. The van der Waals surface area contributed by atoms with Crippen molar-refractivity contribution in [3.05, 3.63) is 53.1 Å². The van der Waals surface area contributed by atoms with E-state index in [2.05, 4.69) is 59.3 Å². The number of likely N-dealkylation sites (N-methyl/N-ethyl adjacent to an activating group) is 1. The summed E-state index contributed by atoms with van der Waals surface area (Å²) in [6, 6.07) is 9.11. The van der Waals surface area contributed by atoms with Gasteiger partial charge in [-0.15, -0.1) is 0 Å². The topological polar surface area (TPSA) is 94.0 Å². The Morgan fingerprint density at radius 3 is 2.72 bits per heavy atom. The molecule has 7 heteroatoms. The van der Waals surface area contributed by atoms with Crippen molar-refractivity contribution in [2.75, 3.05) is 32.6 Å². The van der Waals surface area contributed by atoms with Crippen molar-refractivity contribution >= 4 is 17.2 Å². The summed E-state index contributed by atoms with van der Waals surface area (Å²) in [4.78, 5) is 22.2. The maximum absolute atomic E-state index is 12.9. The zero-order valence-electron chi connectivity index (χ0n) is 22.1. The number of allylic oxidation sites excluding steroid dienone is 2. The zero-order valence-corrected chi connectivity index (χ0v) is 22.1. The van der Waals surface area contributed by atoms with Gasteiger partial charge in [0.15, 0.2) is 11.5 Å². The van der Waals surface area contributed by atoms with E-state index in [0.29, 0.717) is 17.4 Å². The Bertz CT molecular complexity index is 1130. The quantitative estimate of drug-likeness (QED) is 0.494. The highest BCUT2D eigenvalue weighted by Crippen LogP contribution is 2.42. The molecular formula is C29H39N5O2. The number of carbonyl (C=O) groups excluding carboxylic acids is 1. The van der Waals surface area contributed by atoms with E-state index in [1.807, 2.05) is 12.1 Å². The number of methoxy groups -OCH3 is 1. The van der Waals surface area contributed by atoms with Crippen LogP contribution in [0, 0.1) is 16.7 Å². The van der Waals surface area contributed by atoms with Crippen LogP contribution in [0.15, 0.2) is 30.5 Å². The number of H-pyrrole nitrogens is 1. The molecule has 4 rings (SSSR count). The lowest BCUT2D eigenvalue weighted by molar-refractivity contribution is 0.101. The van der Waals surface area contributed by atoms with Crippen molar-refractivity contribution in [2.24, 2.45) is 5.41 Å². The molecule has 36 heavy (non-hydrogen) atoms. The highest BCUT2D eigenvalue weighted by molar-refractivity contribution is 6.03. The van der Waals surface area contributed by atoms with Crippen LogP contribution in [0.2, 0.25) is 0 Å². The Morgan fingerprint density at radius 2 is 2.08 bits per heavy atom. The Kier molecular flexibility index (Phi) is 8.28. The lowest BCUT2D eigenvalue weighted by Crippen LogP contribution is -2.36. The molecule has 0 saturated heterocycles. The summed E-state index contributed by atoms with van der Waals surface area (Å²) in [5, 5.41) is 12.1. The highest BCUT2D eigenvalue weighted by Gasteiger charge is 2.27. The maximum atomic E-state index is 12.9. The number of amides is 1. The predicted octanol–water partition coefficient (Wildman–Crippen LogP) is 5.73. The van der Waals surface area contributed by atoms with Gasteiger partial charge >= 0.3 is 0 Å². The largest absolute Gasteiger partial charge is 0.383 e. The van der Waals surface area contributed by atoms with E-state index in [0.717, 1.165) is 43.7 Å². The van der Waals surface area contributed by atoms with Gasteiger partial charge in [0.05, 0.1) is 6.61 Å².